The average Bonchev–Trinajstić information content (AvgIpc) is 3.10. The number of nitrogens with zero attached hydrogens (tertiary/aromatic N) is 2. The van der Waals surface area contributed by atoms with Gasteiger partial charge in [0.15, 0.2) is 5.69 Å². The van der Waals surface area contributed by atoms with Crippen molar-refractivity contribution in [3.63, 3.8) is 0 Å². The Morgan fingerprint density at radius 3 is 2.72 bits per heavy atom. The van der Waals surface area contributed by atoms with Gasteiger partial charge in [-0.15, -0.1) is 11.3 Å². The van der Waals surface area contributed by atoms with Crippen LogP contribution in [0.1, 0.15) is 34.0 Å². The molecule has 3 rings (SSSR count). The Hall–Kier alpha value is -2.80. The molecule has 2 heterocycles. The van der Waals surface area contributed by atoms with Gasteiger partial charge >= 0.3 is 0 Å². The van der Waals surface area contributed by atoms with Gasteiger partial charge < -0.3 is 5.32 Å². The van der Waals surface area contributed by atoms with Crippen LogP contribution in [0.2, 0.25) is 0 Å². The van der Waals surface area contributed by atoms with E-state index in [0.29, 0.717) is 5.69 Å². The fourth-order valence-corrected chi connectivity index (χ4v) is 3.18. The highest BCUT2D eigenvalue weighted by Crippen LogP contribution is 2.18. The van der Waals surface area contributed by atoms with Crippen LogP contribution in [0.5, 0.6) is 0 Å². The molecule has 1 aromatic carbocycles. The number of amides is 1. The second-order valence-corrected chi connectivity index (χ2v) is 6.55. The molecule has 0 aliphatic heterocycles. The van der Waals surface area contributed by atoms with Crippen molar-refractivity contribution in [1.29, 1.82) is 0 Å². The number of halogens is 1. The van der Waals surface area contributed by atoms with E-state index in [-0.39, 0.29) is 17.4 Å². The first kappa shape index (κ1) is 17.0. The third kappa shape index (κ3) is 3.51. The summed E-state index contributed by atoms with van der Waals surface area (Å²) in [6.45, 7) is 3.46. The molecule has 0 fully saturated rings. The van der Waals surface area contributed by atoms with E-state index in [9.17, 15) is 14.0 Å². The lowest BCUT2D eigenvalue weighted by atomic mass is 10.2. The van der Waals surface area contributed by atoms with Gasteiger partial charge in [-0.05, 0) is 37.4 Å². The number of aryl methyl sites for hydroxylation is 1. The van der Waals surface area contributed by atoms with E-state index in [0.717, 1.165) is 4.88 Å². The average molecular weight is 357 g/mol. The third-order valence-corrected chi connectivity index (χ3v) is 4.78. The number of rotatable bonds is 4. The fourth-order valence-electron chi connectivity index (χ4n) is 2.45. The number of hydrogen-bond acceptors (Lipinski definition) is 4. The van der Waals surface area contributed by atoms with E-state index in [2.05, 4.69) is 10.4 Å². The van der Waals surface area contributed by atoms with Crippen LogP contribution in [0.15, 0.2) is 52.6 Å². The van der Waals surface area contributed by atoms with Crippen LogP contribution in [-0.2, 0) is 0 Å². The Labute approximate surface area is 147 Å². The van der Waals surface area contributed by atoms with E-state index in [1.54, 1.807) is 19.1 Å². The van der Waals surface area contributed by atoms with Gasteiger partial charge in [0.05, 0.1) is 6.04 Å². The number of nitrogens with one attached hydrogen (secondary N) is 1. The fraction of sp³-hybridized carbons (Fsp3) is 0.167. The molecule has 1 atom stereocenters. The summed E-state index contributed by atoms with van der Waals surface area (Å²) in [5, 5.41) is 8.76. The van der Waals surface area contributed by atoms with Gasteiger partial charge in [0.2, 0.25) is 5.43 Å². The van der Waals surface area contributed by atoms with E-state index in [1.807, 2.05) is 24.4 Å². The van der Waals surface area contributed by atoms with E-state index < -0.39 is 17.2 Å². The van der Waals surface area contributed by atoms with Crippen LogP contribution < -0.4 is 10.7 Å². The normalized spacial score (nSPS) is 12.0. The first-order valence-electron chi connectivity index (χ1n) is 7.67. The highest BCUT2D eigenvalue weighted by molar-refractivity contribution is 7.10. The van der Waals surface area contributed by atoms with Crippen LogP contribution in [0.25, 0.3) is 5.69 Å². The van der Waals surface area contributed by atoms with Crippen molar-refractivity contribution < 1.29 is 9.18 Å². The molecule has 25 heavy (non-hydrogen) atoms. The molecule has 128 valence electrons. The zero-order valence-corrected chi connectivity index (χ0v) is 14.5. The SMILES string of the molecule is Cc1cc(=O)c(C(=O)N[C@@H](C)c2cccs2)nn1-c1ccccc1F. The molecule has 0 aliphatic rings. The summed E-state index contributed by atoms with van der Waals surface area (Å²) in [6.07, 6.45) is 0. The van der Waals surface area contributed by atoms with E-state index in [1.165, 1.54) is 34.2 Å². The van der Waals surface area contributed by atoms with Crippen LogP contribution in [0.3, 0.4) is 0 Å². The number of thiophene rings is 1. The molecule has 7 heteroatoms. The minimum absolute atomic E-state index is 0.181. The molecule has 0 saturated carbocycles. The zero-order chi connectivity index (χ0) is 18.0. The maximum absolute atomic E-state index is 14.0. The van der Waals surface area contributed by atoms with Gasteiger partial charge in [0.25, 0.3) is 5.91 Å². The van der Waals surface area contributed by atoms with Crippen molar-refractivity contribution >= 4 is 17.2 Å². The van der Waals surface area contributed by atoms with Crippen molar-refractivity contribution in [2.24, 2.45) is 0 Å². The molecule has 0 saturated heterocycles. The Bertz CT molecular complexity index is 967. The summed E-state index contributed by atoms with van der Waals surface area (Å²) in [5.74, 6) is -1.07. The van der Waals surface area contributed by atoms with Crippen molar-refractivity contribution in [2.75, 3.05) is 0 Å². The lowest BCUT2D eigenvalue weighted by Gasteiger charge is -2.14. The molecule has 0 spiro atoms. The van der Waals surface area contributed by atoms with Gasteiger partial charge in [0.1, 0.15) is 11.5 Å². The molecule has 1 N–H and O–H groups in total. The number of para-hydroxylation sites is 1. The first-order chi connectivity index (χ1) is 12.0. The second-order valence-electron chi connectivity index (χ2n) is 5.57. The zero-order valence-electron chi connectivity index (χ0n) is 13.7. The monoisotopic (exact) mass is 357 g/mol. The van der Waals surface area contributed by atoms with Gasteiger partial charge in [0, 0.05) is 16.6 Å². The number of carbonyl (C=O) groups is 1. The molecule has 0 bridgehead atoms. The van der Waals surface area contributed by atoms with Crippen LogP contribution in [0, 0.1) is 12.7 Å². The minimum Gasteiger partial charge on any atom is -0.343 e. The molecular formula is C18H16FN3O2S. The lowest BCUT2D eigenvalue weighted by molar-refractivity contribution is 0.0932. The van der Waals surface area contributed by atoms with Crippen molar-refractivity contribution in [1.82, 2.24) is 15.1 Å². The van der Waals surface area contributed by atoms with Gasteiger partial charge in [-0.2, -0.15) is 5.10 Å². The molecule has 2 aromatic heterocycles. The highest BCUT2D eigenvalue weighted by atomic mass is 32.1. The Kier molecular flexibility index (Phi) is 4.76. The Morgan fingerprint density at radius 1 is 1.28 bits per heavy atom. The van der Waals surface area contributed by atoms with Crippen molar-refractivity contribution in [3.8, 4) is 5.69 Å². The molecule has 3 aromatic rings. The predicted molar refractivity (Wildman–Crippen MR) is 94.7 cm³/mol. The minimum atomic E-state index is -0.587. The number of aromatic nitrogens is 2. The van der Waals surface area contributed by atoms with Crippen molar-refractivity contribution in [2.45, 2.75) is 19.9 Å². The Morgan fingerprint density at radius 2 is 2.04 bits per heavy atom. The molecule has 1 amide bonds. The third-order valence-electron chi connectivity index (χ3n) is 3.72. The number of hydrogen-bond donors (Lipinski definition) is 1. The Balaban J connectivity index is 1.97. The first-order valence-corrected chi connectivity index (χ1v) is 8.55. The number of benzene rings is 1. The standard InChI is InChI=1S/C18H16FN3O2S/c1-11-10-15(23)17(18(24)20-12(2)16-8-5-9-25-16)21-22(11)14-7-4-3-6-13(14)19/h3-10,12H,1-2H3,(H,20,24)/t12-/m0/s1. The van der Waals surface area contributed by atoms with Crippen LogP contribution in [-0.4, -0.2) is 15.7 Å². The van der Waals surface area contributed by atoms with E-state index >= 15 is 0 Å². The topological polar surface area (TPSA) is 64.0 Å². The number of carbonyl (C=O) groups excluding carboxylic acids is 1. The summed E-state index contributed by atoms with van der Waals surface area (Å²) in [5.41, 5.74) is -0.142. The maximum Gasteiger partial charge on any atom is 0.276 e. The molecule has 5 nitrogen and oxygen atoms in total. The summed E-state index contributed by atoms with van der Waals surface area (Å²) in [7, 11) is 0. The smallest absolute Gasteiger partial charge is 0.276 e. The quantitative estimate of drug-likeness (QED) is 0.780. The summed E-state index contributed by atoms with van der Waals surface area (Å²) >= 11 is 1.51. The van der Waals surface area contributed by atoms with Crippen LogP contribution >= 0.6 is 11.3 Å². The van der Waals surface area contributed by atoms with Gasteiger partial charge in [-0.25, -0.2) is 9.07 Å². The van der Waals surface area contributed by atoms with Crippen molar-refractivity contribution in [3.05, 3.63) is 80.2 Å². The summed E-state index contributed by atoms with van der Waals surface area (Å²) < 4.78 is 15.3. The summed E-state index contributed by atoms with van der Waals surface area (Å²) in [4.78, 5) is 25.6. The highest BCUT2D eigenvalue weighted by Gasteiger charge is 2.19. The van der Waals surface area contributed by atoms with Crippen LogP contribution in [0.4, 0.5) is 4.39 Å². The molecule has 0 aliphatic carbocycles. The maximum atomic E-state index is 14.0. The molecular weight excluding hydrogens is 341 g/mol. The summed E-state index contributed by atoms with van der Waals surface area (Å²) in [6, 6.07) is 10.9. The van der Waals surface area contributed by atoms with Gasteiger partial charge in [-0.3, -0.25) is 9.59 Å². The van der Waals surface area contributed by atoms with Gasteiger partial charge in [-0.1, -0.05) is 18.2 Å². The van der Waals surface area contributed by atoms with E-state index in [4.69, 9.17) is 0 Å². The molecule has 0 unspecified atom stereocenters. The largest absolute Gasteiger partial charge is 0.343 e. The second kappa shape index (κ2) is 6.98. The lowest BCUT2D eigenvalue weighted by Crippen LogP contribution is -2.33. The predicted octanol–water partition coefficient (Wildman–Crippen LogP) is 3.23. The molecule has 0 radical (unpaired) electrons.